The Labute approximate surface area is 366 Å². The Morgan fingerprint density at radius 3 is 1.73 bits per heavy atom. The van der Waals surface area contributed by atoms with Crippen molar-refractivity contribution < 1.29 is 73.1 Å². The first-order valence-corrected chi connectivity index (χ1v) is 19.7. The molecule has 348 valence electrons. The highest BCUT2D eigenvalue weighted by Gasteiger charge is 2.33. The normalized spacial score (nSPS) is 13.4. The SMILES string of the molecule is C=C(C)C[C@H](NC(=O)[C@H](CO)NC(=O)[C@H](CCC(=O)O)NC(=O)CNC(=O)[C@H](C)NC(=O)OCc1ccccc1)C(=O)N[C@@H](Cc1ccc(O)cc1)C(=O)N[C@@H](CCC(=O)O)C(N)=O. The summed E-state index contributed by atoms with van der Waals surface area (Å²) in [5.41, 5.74) is 6.83. The van der Waals surface area contributed by atoms with Gasteiger partial charge in [0.1, 0.15) is 48.6 Å². The molecular weight excluding hydrogens is 844 g/mol. The second-order valence-corrected chi connectivity index (χ2v) is 14.5. The molecule has 0 heterocycles. The summed E-state index contributed by atoms with van der Waals surface area (Å²) in [6.07, 6.45) is -3.46. The molecule has 2 aromatic rings. The van der Waals surface area contributed by atoms with E-state index < -0.39 is 128 Å². The van der Waals surface area contributed by atoms with Gasteiger partial charge in [0.2, 0.25) is 41.4 Å². The van der Waals surface area contributed by atoms with Gasteiger partial charge in [0.05, 0.1) is 13.2 Å². The Morgan fingerprint density at radius 1 is 0.656 bits per heavy atom. The molecule has 64 heavy (non-hydrogen) atoms. The van der Waals surface area contributed by atoms with Crippen molar-refractivity contribution in [3.63, 3.8) is 0 Å². The molecular formula is C41H54N8O15. The summed E-state index contributed by atoms with van der Waals surface area (Å²) in [5, 5.41) is 54.3. The van der Waals surface area contributed by atoms with Crippen LogP contribution in [0.3, 0.4) is 0 Å². The van der Waals surface area contributed by atoms with E-state index in [0.29, 0.717) is 16.7 Å². The number of nitrogens with one attached hydrogen (secondary N) is 7. The summed E-state index contributed by atoms with van der Waals surface area (Å²) in [7, 11) is 0. The van der Waals surface area contributed by atoms with Crippen molar-refractivity contribution in [1.82, 2.24) is 37.2 Å². The molecule has 23 nitrogen and oxygen atoms in total. The van der Waals surface area contributed by atoms with Gasteiger partial charge in [-0.1, -0.05) is 48.0 Å². The first-order valence-electron chi connectivity index (χ1n) is 19.7. The van der Waals surface area contributed by atoms with Crippen molar-refractivity contribution >= 4 is 59.4 Å². The summed E-state index contributed by atoms with van der Waals surface area (Å²) >= 11 is 0. The molecule has 6 atom stereocenters. The van der Waals surface area contributed by atoms with Gasteiger partial charge >= 0.3 is 18.0 Å². The molecule has 0 fully saturated rings. The average molecular weight is 899 g/mol. The fourth-order valence-electron chi connectivity index (χ4n) is 5.58. The number of carbonyl (C=O) groups excluding carboxylic acids is 8. The van der Waals surface area contributed by atoms with Crippen molar-refractivity contribution in [3.8, 4) is 5.75 Å². The first-order chi connectivity index (χ1) is 30.2. The fraction of sp³-hybridized carbons (Fsp3) is 0.415. The van der Waals surface area contributed by atoms with E-state index >= 15 is 0 Å². The third-order valence-electron chi connectivity index (χ3n) is 8.98. The number of ether oxygens (including phenoxy) is 1. The van der Waals surface area contributed by atoms with Crippen LogP contribution < -0.4 is 43.0 Å². The highest BCUT2D eigenvalue weighted by molar-refractivity contribution is 5.97. The molecule has 0 radical (unpaired) electrons. The topological polar surface area (TPSA) is 371 Å². The van der Waals surface area contributed by atoms with Crippen LogP contribution >= 0.6 is 0 Å². The van der Waals surface area contributed by atoms with Crippen molar-refractivity contribution in [3.05, 3.63) is 77.9 Å². The number of carboxylic acids is 2. The number of aliphatic hydroxyl groups excluding tert-OH is 1. The summed E-state index contributed by atoms with van der Waals surface area (Å²) in [5.74, 6) is -9.80. The molecule has 0 aromatic heterocycles. The standard InChI is InChI=1S/C41H54N8O15/c1-22(2)17-29(38(60)48-30(18-24-9-11-26(51)12-10-24)39(61)46-27(35(42)57)13-15-33(53)54)47-40(62)31(20-50)49-37(59)28(14-16-34(55)56)45-32(52)19-43-36(58)23(3)44-41(63)64-21-25-7-5-4-6-8-25/h4-12,23,27-31,50-51H,1,13-21H2,2-3H3,(H2,42,57)(H,43,58)(H,44,63)(H,45,52)(H,46,61)(H,47,62)(H,48,60)(H,49,59)(H,53,54)(H,55,56)/t23-,27-,28-,29-,30-,31-/m0/s1. The van der Waals surface area contributed by atoms with Crippen LogP contribution in [0, 0.1) is 0 Å². The summed E-state index contributed by atoms with van der Waals surface area (Å²) in [6, 6.07) is 5.17. The lowest BCUT2D eigenvalue weighted by molar-refractivity contribution is -0.139. The number of alkyl carbamates (subject to hydrolysis) is 1. The third-order valence-corrected chi connectivity index (χ3v) is 8.98. The minimum absolute atomic E-state index is 0.0724. The summed E-state index contributed by atoms with van der Waals surface area (Å²) in [4.78, 5) is 126. The van der Waals surface area contributed by atoms with Crippen LogP contribution in [0.4, 0.5) is 4.79 Å². The molecule has 23 heteroatoms. The lowest BCUT2D eigenvalue weighted by atomic mass is 10.0. The van der Waals surface area contributed by atoms with E-state index in [0.717, 1.165) is 0 Å². The van der Waals surface area contributed by atoms with E-state index in [1.54, 1.807) is 30.3 Å². The minimum atomic E-state index is -1.80. The number of nitrogens with two attached hydrogens (primary N) is 1. The van der Waals surface area contributed by atoms with Gasteiger partial charge in [-0.25, -0.2) is 4.79 Å². The number of primary amides is 1. The number of hydrogen-bond donors (Lipinski definition) is 12. The van der Waals surface area contributed by atoms with Gasteiger partial charge in [-0.15, -0.1) is 6.58 Å². The van der Waals surface area contributed by atoms with E-state index in [9.17, 15) is 63.3 Å². The first kappa shape index (κ1) is 52.6. The second-order valence-electron chi connectivity index (χ2n) is 14.5. The number of hydrogen-bond acceptors (Lipinski definition) is 13. The Hall–Kier alpha value is -7.56. The van der Waals surface area contributed by atoms with Crippen LogP contribution in [0.1, 0.15) is 57.1 Å². The zero-order chi connectivity index (χ0) is 47.9. The highest BCUT2D eigenvalue weighted by atomic mass is 16.5. The van der Waals surface area contributed by atoms with Crippen molar-refractivity contribution in [2.75, 3.05) is 13.2 Å². The lowest BCUT2D eigenvalue weighted by Gasteiger charge is -2.26. The second kappa shape index (κ2) is 26.7. The number of aromatic hydroxyl groups is 1. The van der Waals surface area contributed by atoms with Crippen LogP contribution in [-0.4, -0.2) is 129 Å². The van der Waals surface area contributed by atoms with Gasteiger partial charge in [-0.05, 0) is 56.4 Å². The largest absolute Gasteiger partial charge is 0.508 e. The maximum absolute atomic E-state index is 13.7. The number of rotatable bonds is 27. The van der Waals surface area contributed by atoms with Gasteiger partial charge in [0.25, 0.3) is 0 Å². The van der Waals surface area contributed by atoms with Crippen LogP contribution in [0.2, 0.25) is 0 Å². The number of amides is 8. The van der Waals surface area contributed by atoms with Gasteiger partial charge in [-0.3, -0.25) is 43.2 Å². The molecule has 2 rings (SSSR count). The van der Waals surface area contributed by atoms with E-state index in [-0.39, 0.29) is 31.6 Å². The molecule has 0 unspecified atom stereocenters. The molecule has 0 bridgehead atoms. The van der Waals surface area contributed by atoms with Crippen LogP contribution in [0.5, 0.6) is 5.75 Å². The maximum Gasteiger partial charge on any atom is 0.408 e. The van der Waals surface area contributed by atoms with Gasteiger partial charge in [0, 0.05) is 19.3 Å². The van der Waals surface area contributed by atoms with E-state index in [1.807, 2.05) is 0 Å². The van der Waals surface area contributed by atoms with Crippen molar-refractivity contribution in [1.29, 1.82) is 0 Å². The monoisotopic (exact) mass is 898 g/mol. The number of aliphatic carboxylic acids is 2. The summed E-state index contributed by atoms with van der Waals surface area (Å²) in [6.45, 7) is 4.69. The van der Waals surface area contributed by atoms with E-state index in [2.05, 4.69) is 43.8 Å². The smallest absolute Gasteiger partial charge is 0.408 e. The number of phenols is 1. The number of phenolic OH excluding ortho intramolecular Hbond substituents is 1. The van der Waals surface area contributed by atoms with Crippen LogP contribution in [0.15, 0.2) is 66.7 Å². The number of aliphatic hydroxyl groups is 1. The molecule has 0 aliphatic carbocycles. The predicted octanol–water partition coefficient (Wildman–Crippen LogP) is -2.04. The Bertz CT molecular complexity index is 2000. The zero-order valence-corrected chi connectivity index (χ0v) is 35.1. The van der Waals surface area contributed by atoms with E-state index in [4.69, 9.17) is 15.6 Å². The van der Waals surface area contributed by atoms with Gasteiger partial charge in [0.15, 0.2) is 0 Å². The lowest BCUT2D eigenvalue weighted by Crippen LogP contribution is -2.60. The summed E-state index contributed by atoms with van der Waals surface area (Å²) < 4.78 is 5.06. The van der Waals surface area contributed by atoms with Gasteiger partial charge in [-0.2, -0.15) is 0 Å². The third kappa shape index (κ3) is 19.9. The fourth-order valence-corrected chi connectivity index (χ4v) is 5.58. The molecule has 0 aliphatic rings. The number of carbonyl (C=O) groups is 10. The Balaban J connectivity index is 2.15. The Morgan fingerprint density at radius 2 is 1.17 bits per heavy atom. The molecule has 0 spiro atoms. The average Bonchev–Trinajstić information content (AvgIpc) is 3.23. The number of benzene rings is 2. The minimum Gasteiger partial charge on any atom is -0.508 e. The number of carboxylic acid groups (broad SMARTS) is 2. The van der Waals surface area contributed by atoms with E-state index in [1.165, 1.54) is 38.1 Å². The molecule has 0 saturated heterocycles. The molecule has 0 aliphatic heterocycles. The predicted molar refractivity (Wildman–Crippen MR) is 223 cm³/mol. The molecule has 2 aromatic carbocycles. The van der Waals surface area contributed by atoms with Crippen LogP contribution in [-0.2, 0) is 60.9 Å². The quantitative estimate of drug-likeness (QED) is 0.0430. The maximum atomic E-state index is 13.7. The zero-order valence-electron chi connectivity index (χ0n) is 35.1. The van der Waals surface area contributed by atoms with Crippen LogP contribution in [0.25, 0.3) is 0 Å². The molecule has 8 amide bonds. The van der Waals surface area contributed by atoms with Crippen molar-refractivity contribution in [2.45, 2.75) is 95.2 Å². The van der Waals surface area contributed by atoms with Gasteiger partial charge < -0.3 is 68.1 Å². The highest BCUT2D eigenvalue weighted by Crippen LogP contribution is 2.13. The Kier molecular flexibility index (Phi) is 21.9. The molecule has 13 N–H and O–H groups in total. The van der Waals surface area contributed by atoms with Crippen molar-refractivity contribution in [2.24, 2.45) is 5.73 Å². The molecule has 0 saturated carbocycles.